The molecule has 0 saturated carbocycles. The zero-order chi connectivity index (χ0) is 15.2. The van der Waals surface area contributed by atoms with Crippen molar-refractivity contribution >= 4 is 5.97 Å². The summed E-state index contributed by atoms with van der Waals surface area (Å²) >= 11 is 0. The van der Waals surface area contributed by atoms with Crippen molar-refractivity contribution in [2.75, 3.05) is 13.2 Å². The van der Waals surface area contributed by atoms with Gasteiger partial charge in [-0.3, -0.25) is 4.79 Å². The number of carbonyl (C=O) groups is 1. The number of benzene rings is 1. The standard InChI is InChI=1S/C16H23NO4/c1-11(2)9-13(16(18)19)17-10-12-5-3-6-14-15(12)21-8-4-7-20-14/h3,5-6,11,13,17H,4,7-10H2,1-2H3,(H,18,19). The van der Waals surface area contributed by atoms with Crippen molar-refractivity contribution in [3.05, 3.63) is 23.8 Å². The van der Waals surface area contributed by atoms with Crippen LogP contribution < -0.4 is 14.8 Å². The van der Waals surface area contributed by atoms with E-state index in [1.165, 1.54) is 0 Å². The minimum atomic E-state index is -0.817. The van der Waals surface area contributed by atoms with E-state index in [4.69, 9.17) is 9.47 Å². The molecule has 5 nitrogen and oxygen atoms in total. The number of carboxylic acids is 1. The summed E-state index contributed by atoms with van der Waals surface area (Å²) in [6, 6.07) is 5.18. The van der Waals surface area contributed by atoms with Crippen LogP contribution in [0.4, 0.5) is 0 Å². The Bertz CT molecular complexity index is 487. The molecule has 0 spiro atoms. The van der Waals surface area contributed by atoms with Gasteiger partial charge in [-0.15, -0.1) is 0 Å². The van der Waals surface area contributed by atoms with Crippen LogP contribution in [-0.2, 0) is 11.3 Å². The van der Waals surface area contributed by atoms with Crippen LogP contribution in [0.1, 0.15) is 32.3 Å². The van der Waals surface area contributed by atoms with Crippen LogP contribution in [0, 0.1) is 5.92 Å². The molecule has 0 radical (unpaired) electrons. The van der Waals surface area contributed by atoms with Crippen molar-refractivity contribution in [2.24, 2.45) is 5.92 Å². The number of hydrogen-bond donors (Lipinski definition) is 2. The predicted molar refractivity (Wildman–Crippen MR) is 79.8 cm³/mol. The smallest absolute Gasteiger partial charge is 0.320 e. The first-order valence-electron chi connectivity index (χ1n) is 7.41. The highest BCUT2D eigenvalue weighted by molar-refractivity contribution is 5.73. The third-order valence-corrected chi connectivity index (χ3v) is 3.40. The highest BCUT2D eigenvalue weighted by Gasteiger charge is 2.20. The quantitative estimate of drug-likeness (QED) is 0.843. The van der Waals surface area contributed by atoms with Crippen LogP contribution in [0.25, 0.3) is 0 Å². The van der Waals surface area contributed by atoms with Crippen molar-refractivity contribution in [1.29, 1.82) is 0 Å². The summed E-state index contributed by atoms with van der Waals surface area (Å²) in [7, 11) is 0. The Morgan fingerprint density at radius 3 is 2.81 bits per heavy atom. The predicted octanol–water partition coefficient (Wildman–Crippen LogP) is 2.44. The third kappa shape index (κ3) is 4.36. The summed E-state index contributed by atoms with van der Waals surface area (Å²) in [5.41, 5.74) is 0.935. The van der Waals surface area contributed by atoms with E-state index in [1.54, 1.807) is 0 Å². The number of nitrogens with one attached hydrogen (secondary N) is 1. The molecule has 1 aliphatic heterocycles. The Balaban J connectivity index is 2.07. The Morgan fingerprint density at radius 2 is 2.10 bits per heavy atom. The second-order valence-electron chi connectivity index (χ2n) is 5.70. The van der Waals surface area contributed by atoms with Crippen LogP contribution in [-0.4, -0.2) is 30.3 Å². The van der Waals surface area contributed by atoms with Crippen molar-refractivity contribution in [1.82, 2.24) is 5.32 Å². The number of para-hydroxylation sites is 1. The first-order valence-corrected chi connectivity index (χ1v) is 7.41. The second-order valence-corrected chi connectivity index (χ2v) is 5.70. The molecule has 0 fully saturated rings. The fraction of sp³-hybridized carbons (Fsp3) is 0.562. The van der Waals surface area contributed by atoms with Gasteiger partial charge in [0.2, 0.25) is 0 Å². The van der Waals surface area contributed by atoms with Crippen LogP contribution in [0.15, 0.2) is 18.2 Å². The largest absolute Gasteiger partial charge is 0.490 e. The lowest BCUT2D eigenvalue weighted by Crippen LogP contribution is -2.37. The Morgan fingerprint density at radius 1 is 1.33 bits per heavy atom. The summed E-state index contributed by atoms with van der Waals surface area (Å²) in [6.45, 7) is 5.76. The fourth-order valence-corrected chi connectivity index (χ4v) is 2.37. The van der Waals surface area contributed by atoms with E-state index in [2.05, 4.69) is 5.32 Å². The molecule has 5 heteroatoms. The molecule has 2 N–H and O–H groups in total. The van der Waals surface area contributed by atoms with Crippen LogP contribution in [0.3, 0.4) is 0 Å². The number of fused-ring (bicyclic) bond motifs is 1. The lowest BCUT2D eigenvalue weighted by atomic mass is 10.0. The first-order chi connectivity index (χ1) is 10.1. The van der Waals surface area contributed by atoms with Crippen LogP contribution in [0.2, 0.25) is 0 Å². The third-order valence-electron chi connectivity index (χ3n) is 3.40. The average Bonchev–Trinajstić information content (AvgIpc) is 2.68. The molecular weight excluding hydrogens is 270 g/mol. The number of rotatable bonds is 6. The van der Waals surface area contributed by atoms with Crippen molar-refractivity contribution in [3.8, 4) is 11.5 Å². The molecule has 0 amide bonds. The molecule has 1 aromatic rings. The van der Waals surface area contributed by atoms with E-state index in [9.17, 15) is 9.90 Å². The molecule has 0 bridgehead atoms. The molecular formula is C16H23NO4. The molecule has 0 saturated heterocycles. The highest BCUT2D eigenvalue weighted by atomic mass is 16.5. The van der Waals surface area contributed by atoms with Crippen molar-refractivity contribution in [3.63, 3.8) is 0 Å². The average molecular weight is 293 g/mol. The Hall–Kier alpha value is -1.75. The van der Waals surface area contributed by atoms with Gasteiger partial charge in [0, 0.05) is 18.5 Å². The van der Waals surface area contributed by atoms with Gasteiger partial charge in [0.15, 0.2) is 11.5 Å². The summed E-state index contributed by atoms with van der Waals surface area (Å²) in [4.78, 5) is 11.3. The lowest BCUT2D eigenvalue weighted by molar-refractivity contribution is -0.140. The molecule has 1 atom stereocenters. The van der Waals surface area contributed by atoms with E-state index < -0.39 is 12.0 Å². The van der Waals surface area contributed by atoms with Crippen LogP contribution >= 0.6 is 0 Å². The van der Waals surface area contributed by atoms with E-state index >= 15 is 0 Å². The van der Waals surface area contributed by atoms with Crippen molar-refractivity contribution in [2.45, 2.75) is 39.3 Å². The van der Waals surface area contributed by atoms with Gasteiger partial charge in [0.1, 0.15) is 6.04 Å². The number of hydrogen-bond acceptors (Lipinski definition) is 4. The molecule has 21 heavy (non-hydrogen) atoms. The molecule has 116 valence electrons. The van der Waals surface area contributed by atoms with Gasteiger partial charge in [0.05, 0.1) is 13.2 Å². The van der Waals surface area contributed by atoms with Crippen molar-refractivity contribution < 1.29 is 19.4 Å². The van der Waals surface area contributed by atoms with Crippen LogP contribution in [0.5, 0.6) is 11.5 Å². The number of ether oxygens (including phenoxy) is 2. The summed E-state index contributed by atoms with van der Waals surface area (Å²) in [5, 5.41) is 12.4. The topological polar surface area (TPSA) is 67.8 Å². The molecule has 1 unspecified atom stereocenters. The summed E-state index contributed by atoms with van der Waals surface area (Å²) in [5.74, 6) is 0.979. The van der Waals surface area contributed by atoms with E-state index in [-0.39, 0.29) is 0 Å². The van der Waals surface area contributed by atoms with E-state index in [0.29, 0.717) is 32.1 Å². The second kappa shape index (κ2) is 7.31. The van der Waals surface area contributed by atoms with Gasteiger partial charge >= 0.3 is 5.97 Å². The zero-order valence-corrected chi connectivity index (χ0v) is 12.6. The summed E-state index contributed by atoms with van der Waals surface area (Å²) < 4.78 is 11.4. The molecule has 2 rings (SSSR count). The number of aliphatic carboxylic acids is 1. The molecule has 0 aromatic heterocycles. The Kier molecular flexibility index (Phi) is 5.44. The highest BCUT2D eigenvalue weighted by Crippen LogP contribution is 2.33. The zero-order valence-electron chi connectivity index (χ0n) is 12.6. The van der Waals surface area contributed by atoms with Gasteiger partial charge in [-0.1, -0.05) is 26.0 Å². The summed E-state index contributed by atoms with van der Waals surface area (Å²) in [6.07, 6.45) is 1.45. The maximum absolute atomic E-state index is 11.3. The van der Waals surface area contributed by atoms with Gasteiger partial charge in [-0.05, 0) is 18.4 Å². The monoisotopic (exact) mass is 293 g/mol. The fourth-order valence-electron chi connectivity index (χ4n) is 2.37. The molecule has 1 aliphatic rings. The van der Waals surface area contributed by atoms with E-state index in [0.717, 1.165) is 23.5 Å². The Labute approximate surface area is 125 Å². The molecule has 0 aliphatic carbocycles. The lowest BCUT2D eigenvalue weighted by Gasteiger charge is -2.18. The normalized spacial score (nSPS) is 15.6. The van der Waals surface area contributed by atoms with Gasteiger partial charge in [-0.25, -0.2) is 0 Å². The van der Waals surface area contributed by atoms with E-state index in [1.807, 2.05) is 32.0 Å². The maximum Gasteiger partial charge on any atom is 0.320 e. The minimum absolute atomic E-state index is 0.325. The van der Waals surface area contributed by atoms with Gasteiger partial charge in [0.25, 0.3) is 0 Å². The first kappa shape index (κ1) is 15.6. The van der Waals surface area contributed by atoms with Gasteiger partial charge in [-0.2, -0.15) is 0 Å². The number of carboxylic acid groups (broad SMARTS) is 1. The van der Waals surface area contributed by atoms with Gasteiger partial charge < -0.3 is 19.9 Å². The maximum atomic E-state index is 11.3. The molecule has 1 heterocycles. The SMILES string of the molecule is CC(C)CC(NCc1cccc2c1OCCCO2)C(=O)O. The minimum Gasteiger partial charge on any atom is -0.490 e. The molecule has 1 aromatic carbocycles.